The van der Waals surface area contributed by atoms with Gasteiger partial charge in [0, 0.05) is 17.1 Å². The predicted octanol–water partition coefficient (Wildman–Crippen LogP) is 2.61. The third-order valence-electron chi connectivity index (χ3n) is 3.44. The highest BCUT2D eigenvalue weighted by Gasteiger charge is 2.16. The third-order valence-corrected chi connectivity index (χ3v) is 3.44. The van der Waals surface area contributed by atoms with Gasteiger partial charge in [-0.2, -0.15) is 0 Å². The third kappa shape index (κ3) is 2.03. The number of H-pyrrole nitrogens is 1. The van der Waals surface area contributed by atoms with Gasteiger partial charge >= 0.3 is 0 Å². The first-order valence-electron chi connectivity index (χ1n) is 6.28. The molecule has 90 valence electrons. The van der Waals surface area contributed by atoms with Crippen molar-refractivity contribution in [2.75, 3.05) is 13.1 Å². The van der Waals surface area contributed by atoms with Gasteiger partial charge in [0.05, 0.1) is 0 Å². The second-order valence-electron chi connectivity index (χ2n) is 4.72. The Kier molecular flexibility index (Phi) is 2.77. The Hall–Kier alpha value is -1.48. The van der Waals surface area contributed by atoms with E-state index >= 15 is 0 Å². The SMILES string of the molecule is Cc1c[nH]c2cccc(OC3CCNCC3)c12. The van der Waals surface area contributed by atoms with Gasteiger partial charge in [-0.05, 0) is 50.6 Å². The predicted molar refractivity (Wildman–Crippen MR) is 69.6 cm³/mol. The smallest absolute Gasteiger partial charge is 0.129 e. The number of aromatic nitrogens is 1. The van der Waals surface area contributed by atoms with Crippen LogP contribution < -0.4 is 10.1 Å². The Morgan fingerprint density at radius 3 is 2.88 bits per heavy atom. The zero-order valence-corrected chi connectivity index (χ0v) is 10.1. The van der Waals surface area contributed by atoms with Crippen LogP contribution in [0.4, 0.5) is 0 Å². The van der Waals surface area contributed by atoms with Crippen LogP contribution in [0.1, 0.15) is 18.4 Å². The topological polar surface area (TPSA) is 37.0 Å². The number of fused-ring (bicyclic) bond motifs is 1. The van der Waals surface area contributed by atoms with E-state index in [0.29, 0.717) is 6.10 Å². The van der Waals surface area contributed by atoms with Gasteiger partial charge in [-0.1, -0.05) is 6.07 Å². The highest BCUT2D eigenvalue weighted by Crippen LogP contribution is 2.29. The summed E-state index contributed by atoms with van der Waals surface area (Å²) in [7, 11) is 0. The molecule has 1 aliphatic heterocycles. The summed E-state index contributed by atoms with van der Waals surface area (Å²) in [5.41, 5.74) is 2.42. The molecule has 2 N–H and O–H groups in total. The molecular weight excluding hydrogens is 212 g/mol. The second-order valence-corrected chi connectivity index (χ2v) is 4.72. The molecule has 0 atom stereocenters. The molecule has 0 spiro atoms. The largest absolute Gasteiger partial charge is 0.490 e. The molecule has 0 saturated carbocycles. The van der Waals surface area contributed by atoms with Crippen molar-refractivity contribution in [2.24, 2.45) is 0 Å². The van der Waals surface area contributed by atoms with E-state index in [9.17, 15) is 0 Å². The van der Waals surface area contributed by atoms with E-state index in [1.54, 1.807) is 0 Å². The lowest BCUT2D eigenvalue weighted by atomic mass is 10.1. The molecule has 0 radical (unpaired) electrons. The summed E-state index contributed by atoms with van der Waals surface area (Å²) in [6.45, 7) is 4.24. The minimum absolute atomic E-state index is 0.358. The van der Waals surface area contributed by atoms with Crippen molar-refractivity contribution in [3.8, 4) is 5.75 Å². The Labute approximate surface area is 101 Å². The average molecular weight is 230 g/mol. The van der Waals surface area contributed by atoms with Gasteiger partial charge in [-0.3, -0.25) is 0 Å². The molecule has 0 amide bonds. The second kappa shape index (κ2) is 4.41. The molecule has 2 heterocycles. The summed E-state index contributed by atoms with van der Waals surface area (Å²) in [5.74, 6) is 1.02. The van der Waals surface area contributed by atoms with Crippen LogP contribution in [-0.2, 0) is 0 Å². The van der Waals surface area contributed by atoms with Crippen molar-refractivity contribution >= 4 is 10.9 Å². The van der Waals surface area contributed by atoms with Crippen LogP contribution in [-0.4, -0.2) is 24.2 Å². The monoisotopic (exact) mass is 230 g/mol. The molecule has 1 fully saturated rings. The Bertz CT molecular complexity index is 512. The fourth-order valence-electron chi connectivity index (χ4n) is 2.51. The van der Waals surface area contributed by atoms with Crippen molar-refractivity contribution < 1.29 is 4.74 Å². The molecule has 1 aliphatic rings. The number of nitrogens with one attached hydrogen (secondary N) is 2. The van der Waals surface area contributed by atoms with E-state index in [4.69, 9.17) is 4.74 Å². The van der Waals surface area contributed by atoms with Gasteiger partial charge in [-0.25, -0.2) is 0 Å². The van der Waals surface area contributed by atoms with Crippen LogP contribution >= 0.6 is 0 Å². The molecular formula is C14H18N2O. The van der Waals surface area contributed by atoms with Crippen LogP contribution in [0, 0.1) is 6.92 Å². The van der Waals surface area contributed by atoms with E-state index < -0.39 is 0 Å². The highest BCUT2D eigenvalue weighted by atomic mass is 16.5. The lowest BCUT2D eigenvalue weighted by molar-refractivity contribution is 0.164. The van der Waals surface area contributed by atoms with Gasteiger partial charge in [0.15, 0.2) is 0 Å². The molecule has 1 saturated heterocycles. The quantitative estimate of drug-likeness (QED) is 0.832. The maximum absolute atomic E-state index is 6.15. The first kappa shape index (κ1) is 10.7. The van der Waals surface area contributed by atoms with Crippen LogP contribution in [0.2, 0.25) is 0 Å². The zero-order valence-electron chi connectivity index (χ0n) is 10.1. The van der Waals surface area contributed by atoms with Gasteiger partial charge in [0.1, 0.15) is 11.9 Å². The standard InChI is InChI=1S/C14H18N2O/c1-10-9-16-12-3-2-4-13(14(10)12)17-11-5-7-15-8-6-11/h2-4,9,11,15-16H,5-8H2,1H3. The molecule has 1 aromatic heterocycles. The van der Waals surface area contributed by atoms with Crippen molar-refractivity contribution in [1.82, 2.24) is 10.3 Å². The number of ether oxygens (including phenoxy) is 1. The number of piperidine rings is 1. The minimum Gasteiger partial charge on any atom is -0.490 e. The maximum Gasteiger partial charge on any atom is 0.129 e. The summed E-state index contributed by atoms with van der Waals surface area (Å²) in [6.07, 6.45) is 4.59. The lowest BCUT2D eigenvalue weighted by Crippen LogP contribution is -2.34. The number of rotatable bonds is 2. The molecule has 3 heteroatoms. The molecule has 2 aromatic rings. The van der Waals surface area contributed by atoms with Gasteiger partial charge in [0.2, 0.25) is 0 Å². The van der Waals surface area contributed by atoms with E-state index in [1.165, 1.54) is 10.9 Å². The summed E-state index contributed by atoms with van der Waals surface area (Å²) in [4.78, 5) is 3.27. The number of hydrogen-bond acceptors (Lipinski definition) is 2. The van der Waals surface area contributed by atoms with Crippen LogP contribution in [0.25, 0.3) is 10.9 Å². The van der Waals surface area contributed by atoms with Crippen molar-refractivity contribution in [1.29, 1.82) is 0 Å². The molecule has 0 bridgehead atoms. The molecule has 0 aliphatic carbocycles. The number of benzene rings is 1. The van der Waals surface area contributed by atoms with E-state index in [1.807, 2.05) is 6.20 Å². The van der Waals surface area contributed by atoms with Crippen molar-refractivity contribution in [3.05, 3.63) is 30.0 Å². The van der Waals surface area contributed by atoms with Gasteiger partial charge < -0.3 is 15.0 Å². The minimum atomic E-state index is 0.358. The molecule has 3 nitrogen and oxygen atoms in total. The Morgan fingerprint density at radius 2 is 2.06 bits per heavy atom. The first-order chi connectivity index (χ1) is 8.34. The van der Waals surface area contributed by atoms with Gasteiger partial charge in [-0.15, -0.1) is 0 Å². The number of aromatic amines is 1. The fourth-order valence-corrected chi connectivity index (χ4v) is 2.51. The fraction of sp³-hybridized carbons (Fsp3) is 0.429. The summed E-state index contributed by atoms with van der Waals surface area (Å²) < 4.78 is 6.15. The van der Waals surface area contributed by atoms with E-state index in [0.717, 1.165) is 37.2 Å². The summed E-state index contributed by atoms with van der Waals surface area (Å²) in [5, 5.41) is 4.59. The molecule has 17 heavy (non-hydrogen) atoms. The van der Waals surface area contributed by atoms with Crippen LogP contribution in [0.3, 0.4) is 0 Å². The van der Waals surface area contributed by atoms with E-state index in [-0.39, 0.29) is 0 Å². The Morgan fingerprint density at radius 1 is 1.24 bits per heavy atom. The zero-order chi connectivity index (χ0) is 11.7. The highest BCUT2D eigenvalue weighted by molar-refractivity contribution is 5.89. The molecule has 1 aromatic carbocycles. The normalized spacial score (nSPS) is 17.5. The Balaban J connectivity index is 1.91. The molecule has 0 unspecified atom stereocenters. The molecule has 3 rings (SSSR count). The number of hydrogen-bond donors (Lipinski definition) is 2. The van der Waals surface area contributed by atoms with Crippen molar-refractivity contribution in [2.45, 2.75) is 25.9 Å². The average Bonchev–Trinajstić information content (AvgIpc) is 2.74. The summed E-state index contributed by atoms with van der Waals surface area (Å²) >= 11 is 0. The van der Waals surface area contributed by atoms with Crippen molar-refractivity contribution in [3.63, 3.8) is 0 Å². The summed E-state index contributed by atoms with van der Waals surface area (Å²) in [6, 6.07) is 6.22. The van der Waals surface area contributed by atoms with Crippen LogP contribution in [0.5, 0.6) is 5.75 Å². The van der Waals surface area contributed by atoms with E-state index in [2.05, 4.69) is 35.4 Å². The van der Waals surface area contributed by atoms with Gasteiger partial charge in [0.25, 0.3) is 0 Å². The maximum atomic E-state index is 6.15. The lowest BCUT2D eigenvalue weighted by Gasteiger charge is -2.24. The number of aryl methyl sites for hydroxylation is 1. The first-order valence-corrected chi connectivity index (χ1v) is 6.28. The van der Waals surface area contributed by atoms with Crippen LogP contribution in [0.15, 0.2) is 24.4 Å².